The van der Waals surface area contributed by atoms with Crippen molar-refractivity contribution in [2.24, 2.45) is 23.2 Å². The van der Waals surface area contributed by atoms with Crippen molar-refractivity contribution in [3.63, 3.8) is 0 Å². The van der Waals surface area contributed by atoms with Crippen molar-refractivity contribution >= 4 is 0 Å². The Kier molecular flexibility index (Phi) is 7.64. The van der Waals surface area contributed by atoms with Crippen molar-refractivity contribution in [1.29, 1.82) is 0 Å². The average Bonchev–Trinajstić information content (AvgIpc) is 3.05. The third-order valence-corrected chi connectivity index (χ3v) is 8.30. The van der Waals surface area contributed by atoms with Crippen LogP contribution < -0.4 is 0 Å². The highest BCUT2D eigenvalue weighted by Crippen LogP contribution is 2.42. The van der Waals surface area contributed by atoms with Crippen molar-refractivity contribution in [2.75, 3.05) is 26.2 Å². The lowest BCUT2D eigenvalue weighted by Crippen LogP contribution is -2.46. The zero-order valence-corrected chi connectivity index (χ0v) is 19.3. The van der Waals surface area contributed by atoms with E-state index in [1.165, 1.54) is 64.7 Å². The van der Waals surface area contributed by atoms with Crippen LogP contribution in [0.5, 0.6) is 0 Å². The fourth-order valence-electron chi connectivity index (χ4n) is 5.53. The topological polar surface area (TPSA) is 6.48 Å². The molecule has 2 aliphatic heterocycles. The minimum Gasteiger partial charge on any atom is -0.300 e. The van der Waals surface area contributed by atoms with Gasteiger partial charge in [0.2, 0.25) is 0 Å². The van der Waals surface area contributed by atoms with Crippen LogP contribution in [0.4, 0.5) is 0 Å². The first-order valence-corrected chi connectivity index (χ1v) is 11.6. The van der Waals surface area contributed by atoms with Crippen LogP contribution in [0, 0.1) is 23.2 Å². The molecule has 26 heavy (non-hydrogen) atoms. The Balaban J connectivity index is 1.75. The quantitative estimate of drug-likeness (QED) is 0.542. The second-order valence-electron chi connectivity index (χ2n) is 11.0. The summed E-state index contributed by atoms with van der Waals surface area (Å²) in [5.41, 5.74) is 0.931. The zero-order valence-electron chi connectivity index (χ0n) is 19.3. The van der Waals surface area contributed by atoms with Gasteiger partial charge in [-0.05, 0) is 109 Å². The van der Waals surface area contributed by atoms with Crippen molar-refractivity contribution in [3.8, 4) is 0 Å². The molecule has 3 atom stereocenters. The second kappa shape index (κ2) is 8.95. The van der Waals surface area contributed by atoms with Crippen LogP contribution in [-0.2, 0) is 0 Å². The van der Waals surface area contributed by atoms with E-state index < -0.39 is 0 Å². The highest BCUT2D eigenvalue weighted by molar-refractivity contribution is 4.93. The van der Waals surface area contributed by atoms with Crippen molar-refractivity contribution in [3.05, 3.63) is 0 Å². The summed E-state index contributed by atoms with van der Waals surface area (Å²) in [4.78, 5) is 5.48. The monoisotopic (exact) mass is 364 g/mol. The number of likely N-dealkylation sites (tertiary alicyclic amines) is 2. The maximum absolute atomic E-state index is 2.80. The van der Waals surface area contributed by atoms with E-state index in [1.807, 2.05) is 0 Å². The largest absolute Gasteiger partial charge is 0.300 e. The molecule has 2 fully saturated rings. The lowest BCUT2D eigenvalue weighted by atomic mass is 9.74. The van der Waals surface area contributed by atoms with E-state index in [9.17, 15) is 0 Å². The van der Waals surface area contributed by atoms with Gasteiger partial charge in [-0.25, -0.2) is 0 Å². The average molecular weight is 365 g/mol. The van der Waals surface area contributed by atoms with Crippen LogP contribution >= 0.6 is 0 Å². The lowest BCUT2D eigenvalue weighted by Gasteiger charge is -2.42. The third-order valence-electron chi connectivity index (χ3n) is 8.30. The molecule has 0 bridgehead atoms. The van der Waals surface area contributed by atoms with E-state index in [-0.39, 0.29) is 0 Å². The molecule has 0 spiro atoms. The summed E-state index contributed by atoms with van der Waals surface area (Å²) in [5, 5.41) is 0. The molecule has 2 saturated heterocycles. The molecule has 2 heteroatoms. The van der Waals surface area contributed by atoms with E-state index in [0.29, 0.717) is 11.0 Å². The van der Waals surface area contributed by atoms with Gasteiger partial charge >= 0.3 is 0 Å². The maximum atomic E-state index is 2.80. The summed E-state index contributed by atoms with van der Waals surface area (Å²) in [6.45, 7) is 24.6. The molecule has 2 heterocycles. The van der Waals surface area contributed by atoms with Crippen molar-refractivity contribution < 1.29 is 0 Å². The van der Waals surface area contributed by atoms with E-state index in [0.717, 1.165) is 23.8 Å². The summed E-state index contributed by atoms with van der Waals surface area (Å²) < 4.78 is 0. The number of piperidine rings is 1. The molecule has 0 amide bonds. The Bertz CT molecular complexity index is 416. The Morgan fingerprint density at radius 3 is 2.04 bits per heavy atom. The summed E-state index contributed by atoms with van der Waals surface area (Å²) >= 11 is 0. The molecule has 0 aliphatic carbocycles. The Morgan fingerprint density at radius 1 is 0.962 bits per heavy atom. The van der Waals surface area contributed by atoms with Gasteiger partial charge in [0.1, 0.15) is 0 Å². The lowest BCUT2D eigenvalue weighted by molar-refractivity contribution is 0.0694. The van der Waals surface area contributed by atoms with Gasteiger partial charge < -0.3 is 4.90 Å². The highest BCUT2D eigenvalue weighted by atomic mass is 15.2. The molecule has 2 aliphatic rings. The highest BCUT2D eigenvalue weighted by Gasteiger charge is 2.40. The normalized spacial score (nSPS) is 29.4. The van der Waals surface area contributed by atoms with E-state index in [1.54, 1.807) is 0 Å². The smallest absolute Gasteiger partial charge is 0.0125 e. The molecule has 0 N–H and O–H groups in total. The zero-order chi connectivity index (χ0) is 19.5. The first-order chi connectivity index (χ1) is 12.1. The van der Waals surface area contributed by atoms with Crippen molar-refractivity contribution in [2.45, 2.75) is 105 Å². The van der Waals surface area contributed by atoms with Crippen LogP contribution in [0.3, 0.4) is 0 Å². The van der Waals surface area contributed by atoms with Gasteiger partial charge in [0, 0.05) is 18.1 Å². The summed E-state index contributed by atoms with van der Waals surface area (Å²) in [6, 6.07) is 0.763. The molecule has 0 radical (unpaired) electrons. The summed E-state index contributed by atoms with van der Waals surface area (Å²) in [6.07, 6.45) is 8.37. The predicted octanol–water partition coefficient (Wildman–Crippen LogP) is 6.06. The Labute approximate surface area is 165 Å². The van der Waals surface area contributed by atoms with Crippen LogP contribution in [0.25, 0.3) is 0 Å². The van der Waals surface area contributed by atoms with Gasteiger partial charge in [0.25, 0.3) is 0 Å². The van der Waals surface area contributed by atoms with Gasteiger partial charge in [-0.3, -0.25) is 4.90 Å². The molecule has 2 rings (SSSR count). The molecule has 0 aromatic heterocycles. The molecule has 0 aromatic carbocycles. The predicted molar refractivity (Wildman–Crippen MR) is 116 cm³/mol. The number of nitrogens with zero attached hydrogens (tertiary/aromatic N) is 2. The summed E-state index contributed by atoms with van der Waals surface area (Å²) in [7, 11) is 0. The standard InChI is InChI=1S/C24H48N2/c1-9-24(19(2)3)14-17-25(18-24)21(5)11-10-20(4)22-12-15-26(16-13-22)23(6,7)8/h19-22H,9-18H2,1-8H3. The molecular weight excluding hydrogens is 316 g/mol. The van der Waals surface area contributed by atoms with Crippen molar-refractivity contribution in [1.82, 2.24) is 9.80 Å². The van der Waals surface area contributed by atoms with Gasteiger partial charge in [0.15, 0.2) is 0 Å². The van der Waals surface area contributed by atoms with E-state index >= 15 is 0 Å². The number of hydrogen-bond acceptors (Lipinski definition) is 2. The summed E-state index contributed by atoms with van der Waals surface area (Å²) in [5.74, 6) is 2.66. The van der Waals surface area contributed by atoms with E-state index in [4.69, 9.17) is 0 Å². The first kappa shape index (κ1) is 22.2. The Hall–Kier alpha value is -0.0800. The fraction of sp³-hybridized carbons (Fsp3) is 1.00. The van der Waals surface area contributed by atoms with Gasteiger partial charge in [-0.15, -0.1) is 0 Å². The minimum atomic E-state index is 0.348. The van der Waals surface area contributed by atoms with Crippen LogP contribution in [0.15, 0.2) is 0 Å². The first-order valence-electron chi connectivity index (χ1n) is 11.6. The maximum Gasteiger partial charge on any atom is 0.0125 e. The second-order valence-corrected chi connectivity index (χ2v) is 11.0. The van der Waals surface area contributed by atoms with Gasteiger partial charge in [-0.2, -0.15) is 0 Å². The molecule has 0 saturated carbocycles. The van der Waals surface area contributed by atoms with Gasteiger partial charge in [-0.1, -0.05) is 27.7 Å². The van der Waals surface area contributed by atoms with Gasteiger partial charge in [0.05, 0.1) is 0 Å². The molecule has 154 valence electrons. The minimum absolute atomic E-state index is 0.348. The number of rotatable bonds is 7. The van der Waals surface area contributed by atoms with Crippen LogP contribution in [0.2, 0.25) is 0 Å². The van der Waals surface area contributed by atoms with E-state index in [2.05, 4.69) is 65.2 Å². The third kappa shape index (κ3) is 5.25. The molecular formula is C24H48N2. The Morgan fingerprint density at radius 2 is 1.58 bits per heavy atom. The molecule has 3 unspecified atom stereocenters. The SMILES string of the molecule is CCC1(C(C)C)CCN(C(C)CCC(C)C2CCN(C(C)(C)C)CC2)C1. The van der Waals surface area contributed by atoms with Crippen LogP contribution in [-0.4, -0.2) is 47.6 Å². The molecule has 2 nitrogen and oxygen atoms in total. The molecule has 0 aromatic rings. The number of hydrogen-bond donors (Lipinski definition) is 0. The fourth-order valence-corrected chi connectivity index (χ4v) is 5.53. The van der Waals surface area contributed by atoms with Crippen LogP contribution in [0.1, 0.15) is 93.9 Å².